The predicted molar refractivity (Wildman–Crippen MR) is 91.6 cm³/mol. The third-order valence-corrected chi connectivity index (χ3v) is 4.36. The first-order valence-electron chi connectivity index (χ1n) is 7.36. The largest absolute Gasteiger partial charge is 0.461 e. The van der Waals surface area contributed by atoms with Crippen LogP contribution in [-0.4, -0.2) is 26.5 Å². The van der Waals surface area contributed by atoms with Gasteiger partial charge in [-0.3, -0.25) is 4.79 Å². The van der Waals surface area contributed by atoms with Crippen molar-refractivity contribution < 1.29 is 9.21 Å². The van der Waals surface area contributed by atoms with E-state index in [2.05, 4.69) is 15.5 Å². The summed E-state index contributed by atoms with van der Waals surface area (Å²) in [5.41, 5.74) is 1.05. The van der Waals surface area contributed by atoms with Gasteiger partial charge in [0.15, 0.2) is 5.76 Å². The van der Waals surface area contributed by atoms with E-state index in [1.165, 1.54) is 22.7 Å². The standard InChI is InChI=1S/C16H17N5O2S/c1-11(12-6-3-2-4-7-12)18-14(22)10-24-16-20-19-15(21(16)17)13-8-5-9-23-13/h2-9,11H,10,17H2,1H3,(H,18,22)/t11-/m0/s1. The molecule has 0 radical (unpaired) electrons. The van der Waals surface area contributed by atoms with Crippen LogP contribution in [0.15, 0.2) is 58.3 Å². The molecule has 3 N–H and O–H groups in total. The molecular weight excluding hydrogens is 326 g/mol. The maximum Gasteiger partial charge on any atom is 0.230 e. The normalized spacial score (nSPS) is 12.0. The van der Waals surface area contributed by atoms with Crippen molar-refractivity contribution in [3.05, 3.63) is 54.3 Å². The van der Waals surface area contributed by atoms with Gasteiger partial charge in [0.25, 0.3) is 0 Å². The number of nitrogens with zero attached hydrogens (tertiary/aromatic N) is 3. The van der Waals surface area contributed by atoms with Gasteiger partial charge < -0.3 is 15.6 Å². The van der Waals surface area contributed by atoms with E-state index < -0.39 is 0 Å². The fourth-order valence-electron chi connectivity index (χ4n) is 2.19. The van der Waals surface area contributed by atoms with Crippen molar-refractivity contribution in [1.82, 2.24) is 20.2 Å². The van der Waals surface area contributed by atoms with Crippen LogP contribution in [0, 0.1) is 0 Å². The van der Waals surface area contributed by atoms with E-state index >= 15 is 0 Å². The van der Waals surface area contributed by atoms with Crippen LogP contribution in [0.25, 0.3) is 11.6 Å². The lowest BCUT2D eigenvalue weighted by atomic mass is 10.1. The molecule has 0 aliphatic rings. The molecule has 8 heteroatoms. The molecule has 0 bridgehead atoms. The Morgan fingerprint density at radius 1 is 1.29 bits per heavy atom. The molecule has 0 saturated carbocycles. The number of nitrogens with one attached hydrogen (secondary N) is 1. The molecule has 24 heavy (non-hydrogen) atoms. The van der Waals surface area contributed by atoms with Gasteiger partial charge >= 0.3 is 0 Å². The van der Waals surface area contributed by atoms with E-state index in [1.54, 1.807) is 12.1 Å². The molecule has 0 unspecified atom stereocenters. The summed E-state index contributed by atoms with van der Waals surface area (Å²) in [5, 5.41) is 11.4. The highest BCUT2D eigenvalue weighted by Crippen LogP contribution is 2.21. The zero-order valence-electron chi connectivity index (χ0n) is 13.0. The highest BCUT2D eigenvalue weighted by atomic mass is 32.2. The fourth-order valence-corrected chi connectivity index (χ4v) is 2.86. The third kappa shape index (κ3) is 3.60. The summed E-state index contributed by atoms with van der Waals surface area (Å²) in [5.74, 6) is 7.00. The number of amides is 1. The third-order valence-electron chi connectivity index (χ3n) is 3.42. The SMILES string of the molecule is C[C@H](NC(=O)CSc1nnc(-c2ccco2)n1N)c1ccccc1. The van der Waals surface area contributed by atoms with Gasteiger partial charge in [0.1, 0.15) is 0 Å². The number of benzene rings is 1. The number of furan rings is 1. The van der Waals surface area contributed by atoms with Gasteiger partial charge in [0, 0.05) is 0 Å². The highest BCUT2D eigenvalue weighted by molar-refractivity contribution is 7.99. The van der Waals surface area contributed by atoms with Crippen LogP contribution in [0.5, 0.6) is 0 Å². The van der Waals surface area contributed by atoms with Crippen LogP contribution in [0.1, 0.15) is 18.5 Å². The summed E-state index contributed by atoms with van der Waals surface area (Å²) in [4.78, 5) is 12.1. The summed E-state index contributed by atoms with van der Waals surface area (Å²) in [7, 11) is 0. The Hall–Kier alpha value is -2.74. The van der Waals surface area contributed by atoms with E-state index in [-0.39, 0.29) is 17.7 Å². The molecule has 0 aliphatic carbocycles. The van der Waals surface area contributed by atoms with Gasteiger partial charge in [-0.05, 0) is 24.6 Å². The summed E-state index contributed by atoms with van der Waals surface area (Å²) in [6, 6.07) is 13.2. The number of carbonyl (C=O) groups is 1. The first kappa shape index (κ1) is 16.1. The molecule has 124 valence electrons. The average Bonchev–Trinajstić information content (AvgIpc) is 3.23. The van der Waals surface area contributed by atoms with E-state index in [1.807, 2.05) is 37.3 Å². The topological polar surface area (TPSA) is 99.0 Å². The lowest BCUT2D eigenvalue weighted by Gasteiger charge is -2.13. The number of aromatic nitrogens is 3. The van der Waals surface area contributed by atoms with Crippen LogP contribution < -0.4 is 11.2 Å². The molecule has 2 heterocycles. The minimum Gasteiger partial charge on any atom is -0.461 e. The van der Waals surface area contributed by atoms with Crippen LogP contribution in [0.3, 0.4) is 0 Å². The van der Waals surface area contributed by atoms with Gasteiger partial charge in [-0.2, -0.15) is 0 Å². The molecule has 0 spiro atoms. The monoisotopic (exact) mass is 343 g/mol. The first-order valence-corrected chi connectivity index (χ1v) is 8.35. The van der Waals surface area contributed by atoms with E-state index in [9.17, 15) is 4.79 Å². The second-order valence-corrected chi connectivity index (χ2v) is 6.08. The molecule has 3 rings (SSSR count). The average molecular weight is 343 g/mol. The fraction of sp³-hybridized carbons (Fsp3) is 0.188. The van der Waals surface area contributed by atoms with Crippen molar-refractivity contribution in [2.75, 3.05) is 11.6 Å². The minimum atomic E-state index is -0.0982. The molecule has 0 aliphatic heterocycles. The van der Waals surface area contributed by atoms with Gasteiger partial charge in [-0.25, -0.2) is 4.68 Å². The quantitative estimate of drug-likeness (QED) is 0.526. The maximum atomic E-state index is 12.1. The number of carbonyl (C=O) groups excluding carboxylic acids is 1. The number of nitrogens with two attached hydrogens (primary N) is 1. The van der Waals surface area contributed by atoms with Crippen molar-refractivity contribution in [1.29, 1.82) is 0 Å². The predicted octanol–water partition coefficient (Wildman–Crippen LogP) is 2.22. The van der Waals surface area contributed by atoms with Crippen LogP contribution in [0.4, 0.5) is 0 Å². The smallest absolute Gasteiger partial charge is 0.230 e. The number of nitrogen functional groups attached to an aromatic ring is 1. The molecule has 2 aromatic heterocycles. The van der Waals surface area contributed by atoms with Gasteiger partial charge in [0.2, 0.25) is 16.9 Å². The van der Waals surface area contributed by atoms with Crippen molar-refractivity contribution in [2.45, 2.75) is 18.1 Å². The maximum absolute atomic E-state index is 12.1. The van der Waals surface area contributed by atoms with Gasteiger partial charge in [-0.1, -0.05) is 42.1 Å². The van der Waals surface area contributed by atoms with Crippen molar-refractivity contribution >= 4 is 17.7 Å². The molecule has 0 fully saturated rings. The Bertz CT molecular complexity index is 801. The van der Waals surface area contributed by atoms with E-state index in [0.717, 1.165) is 5.56 Å². The molecular formula is C16H17N5O2S. The Labute approximate surface area is 143 Å². The summed E-state index contributed by atoms with van der Waals surface area (Å²) in [6.07, 6.45) is 1.54. The number of thioether (sulfide) groups is 1. The van der Waals surface area contributed by atoms with E-state index in [4.69, 9.17) is 10.3 Å². The number of hydrogen-bond acceptors (Lipinski definition) is 6. The van der Waals surface area contributed by atoms with Crippen LogP contribution in [0.2, 0.25) is 0 Å². The Morgan fingerprint density at radius 2 is 2.08 bits per heavy atom. The lowest BCUT2D eigenvalue weighted by molar-refractivity contribution is -0.119. The molecule has 3 aromatic rings. The molecule has 1 aromatic carbocycles. The second-order valence-electron chi connectivity index (χ2n) is 5.14. The summed E-state index contributed by atoms with van der Waals surface area (Å²) in [6.45, 7) is 1.94. The molecule has 0 saturated heterocycles. The Balaban J connectivity index is 1.57. The van der Waals surface area contributed by atoms with E-state index in [0.29, 0.717) is 16.7 Å². The van der Waals surface area contributed by atoms with Crippen LogP contribution >= 0.6 is 11.8 Å². The summed E-state index contributed by atoms with van der Waals surface area (Å²) < 4.78 is 6.57. The van der Waals surface area contributed by atoms with Crippen molar-refractivity contribution in [2.24, 2.45) is 0 Å². The van der Waals surface area contributed by atoms with Crippen molar-refractivity contribution in [3.63, 3.8) is 0 Å². The zero-order chi connectivity index (χ0) is 16.9. The van der Waals surface area contributed by atoms with Crippen molar-refractivity contribution in [3.8, 4) is 11.6 Å². The van der Waals surface area contributed by atoms with Gasteiger partial charge in [0.05, 0.1) is 18.1 Å². The van der Waals surface area contributed by atoms with Gasteiger partial charge in [-0.15, -0.1) is 10.2 Å². The highest BCUT2D eigenvalue weighted by Gasteiger charge is 2.16. The Kier molecular flexibility index (Phi) is 4.85. The Morgan fingerprint density at radius 3 is 2.79 bits per heavy atom. The molecule has 7 nitrogen and oxygen atoms in total. The lowest BCUT2D eigenvalue weighted by Crippen LogP contribution is -2.28. The second kappa shape index (κ2) is 7.22. The number of hydrogen-bond donors (Lipinski definition) is 2. The summed E-state index contributed by atoms with van der Waals surface area (Å²) >= 11 is 1.22. The first-order chi connectivity index (χ1) is 11.6. The number of rotatable bonds is 6. The molecule has 1 amide bonds. The molecule has 1 atom stereocenters. The zero-order valence-corrected chi connectivity index (χ0v) is 13.9. The van der Waals surface area contributed by atoms with Crippen LogP contribution in [-0.2, 0) is 4.79 Å². The minimum absolute atomic E-state index is 0.0614.